The van der Waals surface area contributed by atoms with E-state index in [2.05, 4.69) is 5.32 Å². The third kappa shape index (κ3) is 4.80. The highest BCUT2D eigenvalue weighted by molar-refractivity contribution is 5.95. The lowest BCUT2D eigenvalue weighted by atomic mass is 10.1. The monoisotopic (exact) mass is 466 g/mol. The molecule has 35 heavy (non-hydrogen) atoms. The summed E-state index contributed by atoms with van der Waals surface area (Å²) >= 11 is 0. The number of primary amides is 1. The van der Waals surface area contributed by atoms with Gasteiger partial charge in [0.15, 0.2) is 0 Å². The third-order valence-corrected chi connectivity index (χ3v) is 6.17. The first kappa shape index (κ1) is 22.4. The number of amides is 2. The highest BCUT2D eigenvalue weighted by Gasteiger charge is 2.23. The van der Waals surface area contributed by atoms with Gasteiger partial charge >= 0.3 is 0 Å². The van der Waals surface area contributed by atoms with E-state index in [4.69, 9.17) is 15.6 Å². The Bertz CT molecular complexity index is 1380. The molecule has 3 aromatic carbocycles. The second-order valence-electron chi connectivity index (χ2n) is 8.50. The van der Waals surface area contributed by atoms with E-state index in [1.165, 1.54) is 11.3 Å². The summed E-state index contributed by atoms with van der Waals surface area (Å²) in [4.78, 5) is 24.5. The van der Waals surface area contributed by atoms with Crippen LogP contribution >= 0.6 is 0 Å². The van der Waals surface area contributed by atoms with E-state index in [1.807, 2.05) is 47.1 Å². The summed E-state index contributed by atoms with van der Waals surface area (Å²) < 4.78 is 7.80. The number of hydrogen-bond acceptors (Lipinski definition) is 4. The summed E-state index contributed by atoms with van der Waals surface area (Å²) in [5, 5.41) is 7.83. The lowest BCUT2D eigenvalue weighted by Crippen LogP contribution is -2.23. The number of carbonyl (C=O) groups excluding carboxylic acids is 2. The average molecular weight is 467 g/mol. The maximum absolute atomic E-state index is 12.9. The Morgan fingerprint density at radius 3 is 2.60 bits per heavy atom. The topological polar surface area (TPSA) is 99.2 Å². The van der Waals surface area contributed by atoms with Crippen molar-refractivity contribution in [3.63, 3.8) is 0 Å². The Kier molecular flexibility index (Phi) is 6.30. The largest absolute Gasteiger partial charge is 0.488 e. The molecular formula is C28H26N4O3. The molecule has 1 aromatic heterocycles. The molecule has 176 valence electrons. The van der Waals surface area contributed by atoms with Crippen molar-refractivity contribution in [1.82, 2.24) is 15.1 Å². The van der Waals surface area contributed by atoms with Crippen LogP contribution < -0.4 is 15.8 Å². The van der Waals surface area contributed by atoms with Gasteiger partial charge in [-0.05, 0) is 66.8 Å². The van der Waals surface area contributed by atoms with Crippen LogP contribution in [0, 0.1) is 0 Å². The predicted octanol–water partition coefficient (Wildman–Crippen LogP) is 3.97. The van der Waals surface area contributed by atoms with Crippen LogP contribution in [0.4, 0.5) is 0 Å². The van der Waals surface area contributed by atoms with Crippen molar-refractivity contribution >= 4 is 11.8 Å². The van der Waals surface area contributed by atoms with Crippen LogP contribution in [-0.4, -0.2) is 21.6 Å². The van der Waals surface area contributed by atoms with Gasteiger partial charge in [0.2, 0.25) is 0 Å². The normalized spacial score (nSPS) is 12.2. The fraction of sp³-hybridized carbons (Fsp3) is 0.179. The minimum absolute atomic E-state index is 0.176. The van der Waals surface area contributed by atoms with Crippen LogP contribution in [0.5, 0.6) is 5.75 Å². The molecule has 2 amide bonds. The van der Waals surface area contributed by atoms with E-state index in [0.29, 0.717) is 23.4 Å². The molecule has 0 spiro atoms. The third-order valence-electron chi connectivity index (χ3n) is 6.17. The van der Waals surface area contributed by atoms with Crippen LogP contribution in [0.1, 0.15) is 49.7 Å². The minimum Gasteiger partial charge on any atom is -0.488 e. The molecule has 4 aromatic rings. The molecule has 3 N–H and O–H groups in total. The average Bonchev–Trinajstić information content (AvgIpc) is 3.50. The van der Waals surface area contributed by atoms with Crippen molar-refractivity contribution in [3.05, 3.63) is 113 Å². The van der Waals surface area contributed by atoms with Crippen LogP contribution in [0.25, 0.3) is 5.69 Å². The smallest absolute Gasteiger partial charge is 0.252 e. The molecule has 7 nitrogen and oxygen atoms in total. The molecule has 0 fully saturated rings. The second kappa shape index (κ2) is 9.85. The highest BCUT2D eigenvalue weighted by Crippen LogP contribution is 2.28. The number of nitrogens with one attached hydrogen (secondary N) is 1. The zero-order chi connectivity index (χ0) is 24.2. The summed E-state index contributed by atoms with van der Waals surface area (Å²) in [6.45, 7) is 0.577. The first-order valence-electron chi connectivity index (χ1n) is 11.6. The Hall–Kier alpha value is -4.39. The maximum Gasteiger partial charge on any atom is 0.252 e. The standard InChI is InChI=1S/C28H26N4O3/c29-27(33)23-12-4-5-15-26(23)35-18-19-8-6-9-20(16-19)28(34)30-17-24-22-13-7-14-25(22)32(31-24)21-10-2-1-3-11-21/h1-6,8-12,15-16H,7,13-14,17-18H2,(H2,29,33)(H,30,34). The Balaban J connectivity index is 1.26. The van der Waals surface area contributed by atoms with E-state index < -0.39 is 5.91 Å². The highest BCUT2D eigenvalue weighted by atomic mass is 16.5. The number of rotatable bonds is 8. The van der Waals surface area contributed by atoms with Crippen LogP contribution in [0.15, 0.2) is 78.9 Å². The fourth-order valence-corrected chi connectivity index (χ4v) is 4.46. The molecule has 7 heteroatoms. The van der Waals surface area contributed by atoms with Gasteiger partial charge in [-0.1, -0.05) is 42.5 Å². The van der Waals surface area contributed by atoms with Crippen molar-refractivity contribution in [2.24, 2.45) is 5.73 Å². The molecule has 0 saturated carbocycles. The minimum atomic E-state index is -0.546. The summed E-state index contributed by atoms with van der Waals surface area (Å²) in [5.74, 6) is -0.307. The Morgan fingerprint density at radius 2 is 1.77 bits per heavy atom. The fourth-order valence-electron chi connectivity index (χ4n) is 4.46. The zero-order valence-corrected chi connectivity index (χ0v) is 19.2. The van der Waals surface area contributed by atoms with Crippen molar-refractivity contribution in [2.75, 3.05) is 0 Å². The van der Waals surface area contributed by atoms with Gasteiger partial charge in [0.05, 0.1) is 23.5 Å². The van der Waals surface area contributed by atoms with E-state index in [-0.39, 0.29) is 12.5 Å². The van der Waals surface area contributed by atoms with Gasteiger partial charge in [-0.25, -0.2) is 4.68 Å². The first-order valence-corrected chi connectivity index (χ1v) is 11.6. The summed E-state index contributed by atoms with van der Waals surface area (Å²) in [6, 6.07) is 24.2. The van der Waals surface area contributed by atoms with Crippen molar-refractivity contribution in [3.8, 4) is 11.4 Å². The quantitative estimate of drug-likeness (QED) is 0.410. The number of hydrogen-bond donors (Lipinski definition) is 2. The van der Waals surface area contributed by atoms with E-state index in [9.17, 15) is 9.59 Å². The van der Waals surface area contributed by atoms with Crippen molar-refractivity contribution in [2.45, 2.75) is 32.4 Å². The number of benzene rings is 3. The van der Waals surface area contributed by atoms with E-state index in [0.717, 1.165) is 36.2 Å². The second-order valence-corrected chi connectivity index (χ2v) is 8.50. The van der Waals surface area contributed by atoms with E-state index in [1.54, 1.807) is 36.4 Å². The van der Waals surface area contributed by atoms with Gasteiger partial charge < -0.3 is 15.8 Å². The molecule has 0 bridgehead atoms. The van der Waals surface area contributed by atoms with Crippen LogP contribution in [0.3, 0.4) is 0 Å². The Labute approximate surface area is 203 Å². The molecule has 0 atom stereocenters. The Morgan fingerprint density at radius 1 is 0.971 bits per heavy atom. The van der Waals surface area contributed by atoms with Crippen LogP contribution in [0.2, 0.25) is 0 Å². The lowest BCUT2D eigenvalue weighted by molar-refractivity contribution is 0.0949. The molecule has 5 rings (SSSR count). The van der Waals surface area contributed by atoms with Gasteiger partial charge in [-0.2, -0.15) is 5.10 Å². The summed E-state index contributed by atoms with van der Waals surface area (Å²) in [7, 11) is 0. The van der Waals surface area contributed by atoms with Gasteiger partial charge in [-0.3, -0.25) is 9.59 Å². The van der Waals surface area contributed by atoms with Gasteiger partial charge in [-0.15, -0.1) is 0 Å². The van der Waals surface area contributed by atoms with Crippen molar-refractivity contribution in [1.29, 1.82) is 0 Å². The molecule has 0 unspecified atom stereocenters. The molecule has 1 heterocycles. The number of aromatic nitrogens is 2. The molecule has 0 aliphatic heterocycles. The molecule has 0 saturated heterocycles. The molecule has 0 radical (unpaired) electrons. The molecule has 1 aliphatic carbocycles. The molecular weight excluding hydrogens is 440 g/mol. The lowest BCUT2D eigenvalue weighted by Gasteiger charge is -2.10. The predicted molar refractivity (Wildman–Crippen MR) is 132 cm³/mol. The van der Waals surface area contributed by atoms with Gasteiger partial charge in [0.25, 0.3) is 11.8 Å². The number of ether oxygens (including phenoxy) is 1. The maximum atomic E-state index is 12.9. The zero-order valence-electron chi connectivity index (χ0n) is 19.2. The number of nitrogens with two attached hydrogens (primary N) is 1. The SMILES string of the molecule is NC(=O)c1ccccc1OCc1cccc(C(=O)NCc2nn(-c3ccccc3)c3c2CCC3)c1. The van der Waals surface area contributed by atoms with Crippen molar-refractivity contribution < 1.29 is 14.3 Å². The van der Waals surface area contributed by atoms with Gasteiger partial charge in [0.1, 0.15) is 12.4 Å². The number of fused-ring (bicyclic) bond motifs is 1. The number of para-hydroxylation sites is 2. The summed E-state index contributed by atoms with van der Waals surface area (Å²) in [6.07, 6.45) is 3.07. The number of carbonyl (C=O) groups is 2. The van der Waals surface area contributed by atoms with E-state index >= 15 is 0 Å². The number of nitrogens with zero attached hydrogens (tertiary/aromatic N) is 2. The van der Waals surface area contributed by atoms with Gasteiger partial charge in [0, 0.05) is 11.3 Å². The molecule has 1 aliphatic rings. The first-order chi connectivity index (χ1) is 17.1. The van der Waals surface area contributed by atoms with Crippen LogP contribution in [-0.2, 0) is 26.0 Å². The summed E-state index contributed by atoms with van der Waals surface area (Å²) in [5.41, 5.74) is 11.5.